The lowest BCUT2D eigenvalue weighted by molar-refractivity contribution is 0.0686. The van der Waals surface area contributed by atoms with E-state index in [4.69, 9.17) is 9.84 Å². The van der Waals surface area contributed by atoms with Crippen LogP contribution in [0, 0.1) is 0 Å². The number of hydrogen-bond acceptors (Lipinski definition) is 4. The van der Waals surface area contributed by atoms with E-state index < -0.39 is 5.97 Å². The summed E-state index contributed by atoms with van der Waals surface area (Å²) in [5.74, 6) is 1.39. The molecule has 4 nitrogen and oxygen atoms in total. The molecule has 0 spiro atoms. The van der Waals surface area contributed by atoms with Crippen molar-refractivity contribution in [1.82, 2.24) is 4.98 Å². The molecule has 1 aliphatic rings. The molecule has 0 unspecified atom stereocenters. The number of aromatic nitrogens is 1. The van der Waals surface area contributed by atoms with Gasteiger partial charge in [0.1, 0.15) is 11.7 Å². The molecule has 0 amide bonds. The summed E-state index contributed by atoms with van der Waals surface area (Å²) < 4.78 is 5.64. The summed E-state index contributed by atoms with van der Waals surface area (Å²) in [7, 11) is 0. The van der Waals surface area contributed by atoms with Crippen LogP contribution in [0.5, 0.6) is 5.88 Å². The molecule has 1 fully saturated rings. The standard InChI is InChI=1S/C11H13NO3S/c13-11(14)9-2-1-5-12-10(9)15-8-3-6-16-7-4-8/h1-2,5,8H,3-4,6-7H2,(H,13,14). The van der Waals surface area contributed by atoms with E-state index in [1.807, 2.05) is 11.8 Å². The van der Waals surface area contributed by atoms with Gasteiger partial charge in [-0.1, -0.05) is 0 Å². The third-order valence-corrected chi connectivity index (χ3v) is 3.50. The summed E-state index contributed by atoms with van der Waals surface area (Å²) in [6.07, 6.45) is 3.58. The molecule has 1 saturated heterocycles. The first kappa shape index (κ1) is 11.3. The van der Waals surface area contributed by atoms with E-state index in [1.54, 1.807) is 12.3 Å². The van der Waals surface area contributed by atoms with E-state index in [0.29, 0.717) is 0 Å². The van der Waals surface area contributed by atoms with Gasteiger partial charge < -0.3 is 9.84 Å². The predicted octanol–water partition coefficient (Wildman–Crippen LogP) is 2.05. The molecular weight excluding hydrogens is 226 g/mol. The topological polar surface area (TPSA) is 59.4 Å². The second-order valence-electron chi connectivity index (χ2n) is 3.59. The average molecular weight is 239 g/mol. The van der Waals surface area contributed by atoms with Crippen molar-refractivity contribution < 1.29 is 14.6 Å². The zero-order valence-electron chi connectivity index (χ0n) is 8.76. The Hall–Kier alpha value is -1.23. The number of aromatic carboxylic acids is 1. The van der Waals surface area contributed by atoms with Crippen LogP contribution in [0.15, 0.2) is 18.3 Å². The number of carboxylic acids is 1. The van der Waals surface area contributed by atoms with Gasteiger partial charge in [0.25, 0.3) is 0 Å². The monoisotopic (exact) mass is 239 g/mol. The van der Waals surface area contributed by atoms with Gasteiger partial charge in [-0.25, -0.2) is 9.78 Å². The molecule has 0 aliphatic carbocycles. The Kier molecular flexibility index (Phi) is 3.66. The van der Waals surface area contributed by atoms with Gasteiger partial charge >= 0.3 is 5.97 Å². The maximum absolute atomic E-state index is 10.9. The predicted molar refractivity (Wildman–Crippen MR) is 62.2 cm³/mol. The quantitative estimate of drug-likeness (QED) is 0.874. The Morgan fingerprint density at radius 2 is 2.25 bits per heavy atom. The first-order chi connectivity index (χ1) is 7.77. The van der Waals surface area contributed by atoms with Crippen LogP contribution in [-0.2, 0) is 0 Å². The third kappa shape index (κ3) is 2.66. The minimum absolute atomic E-state index is 0.106. The zero-order valence-corrected chi connectivity index (χ0v) is 9.57. The Morgan fingerprint density at radius 1 is 1.50 bits per heavy atom. The second kappa shape index (κ2) is 5.21. The van der Waals surface area contributed by atoms with Gasteiger partial charge in [0, 0.05) is 6.20 Å². The molecule has 1 N–H and O–H groups in total. The fourth-order valence-corrected chi connectivity index (χ4v) is 2.66. The van der Waals surface area contributed by atoms with Crippen LogP contribution in [0.25, 0.3) is 0 Å². The summed E-state index contributed by atoms with van der Waals surface area (Å²) in [5, 5.41) is 8.97. The second-order valence-corrected chi connectivity index (χ2v) is 4.82. The summed E-state index contributed by atoms with van der Waals surface area (Å²) >= 11 is 1.90. The van der Waals surface area contributed by atoms with Crippen molar-refractivity contribution in [2.45, 2.75) is 18.9 Å². The summed E-state index contributed by atoms with van der Waals surface area (Å²) in [5.41, 5.74) is 0.140. The summed E-state index contributed by atoms with van der Waals surface area (Å²) in [6.45, 7) is 0. The maximum atomic E-state index is 10.9. The molecule has 5 heteroatoms. The smallest absolute Gasteiger partial charge is 0.341 e. The number of pyridine rings is 1. The lowest BCUT2D eigenvalue weighted by Gasteiger charge is -2.22. The number of nitrogens with zero attached hydrogens (tertiary/aromatic N) is 1. The zero-order chi connectivity index (χ0) is 11.4. The molecule has 2 rings (SSSR count). The number of carboxylic acid groups (broad SMARTS) is 1. The minimum atomic E-state index is -0.992. The number of hydrogen-bond donors (Lipinski definition) is 1. The summed E-state index contributed by atoms with van der Waals surface area (Å²) in [6, 6.07) is 3.12. The molecule has 2 heterocycles. The average Bonchev–Trinajstić information content (AvgIpc) is 2.31. The minimum Gasteiger partial charge on any atom is -0.477 e. The fraction of sp³-hybridized carbons (Fsp3) is 0.455. The van der Waals surface area contributed by atoms with Crippen molar-refractivity contribution in [3.63, 3.8) is 0 Å². The van der Waals surface area contributed by atoms with Crippen molar-refractivity contribution in [2.75, 3.05) is 11.5 Å². The lowest BCUT2D eigenvalue weighted by Crippen LogP contribution is -2.23. The van der Waals surface area contributed by atoms with E-state index >= 15 is 0 Å². The summed E-state index contributed by atoms with van der Waals surface area (Å²) in [4.78, 5) is 14.9. The van der Waals surface area contributed by atoms with Crippen molar-refractivity contribution >= 4 is 17.7 Å². The molecule has 1 aliphatic heterocycles. The largest absolute Gasteiger partial charge is 0.477 e. The van der Waals surface area contributed by atoms with E-state index in [9.17, 15) is 4.79 Å². The van der Waals surface area contributed by atoms with Gasteiger partial charge in [0.05, 0.1) is 0 Å². The highest BCUT2D eigenvalue weighted by molar-refractivity contribution is 7.99. The normalized spacial score (nSPS) is 17.0. The first-order valence-corrected chi connectivity index (χ1v) is 6.35. The van der Waals surface area contributed by atoms with Gasteiger partial charge in [0.2, 0.25) is 5.88 Å². The first-order valence-electron chi connectivity index (χ1n) is 5.20. The molecule has 0 aromatic carbocycles. The van der Waals surface area contributed by atoms with Gasteiger partial charge in [0.15, 0.2) is 0 Å². The Labute approximate surface area is 98.0 Å². The number of ether oxygens (including phenoxy) is 1. The van der Waals surface area contributed by atoms with E-state index in [1.165, 1.54) is 6.07 Å². The molecular formula is C11H13NO3S. The van der Waals surface area contributed by atoms with Gasteiger partial charge in [-0.3, -0.25) is 0 Å². The van der Waals surface area contributed by atoms with Crippen molar-refractivity contribution in [2.24, 2.45) is 0 Å². The SMILES string of the molecule is O=C(O)c1cccnc1OC1CCSCC1. The van der Waals surface area contributed by atoms with E-state index in [-0.39, 0.29) is 17.5 Å². The highest BCUT2D eigenvalue weighted by Gasteiger charge is 2.19. The van der Waals surface area contributed by atoms with Crippen LogP contribution >= 0.6 is 11.8 Å². The molecule has 1 aromatic heterocycles. The van der Waals surface area contributed by atoms with Crippen molar-refractivity contribution in [3.05, 3.63) is 23.9 Å². The third-order valence-electron chi connectivity index (χ3n) is 2.45. The van der Waals surface area contributed by atoms with Crippen LogP contribution in [0.1, 0.15) is 23.2 Å². The molecule has 0 saturated carbocycles. The number of carbonyl (C=O) groups is 1. The highest BCUT2D eigenvalue weighted by atomic mass is 32.2. The molecule has 0 bridgehead atoms. The van der Waals surface area contributed by atoms with Gasteiger partial charge in [-0.05, 0) is 36.5 Å². The number of rotatable bonds is 3. The molecule has 1 aromatic rings. The van der Waals surface area contributed by atoms with Gasteiger partial charge in [-0.2, -0.15) is 11.8 Å². The van der Waals surface area contributed by atoms with Crippen LogP contribution in [-0.4, -0.2) is 33.7 Å². The van der Waals surface area contributed by atoms with Gasteiger partial charge in [-0.15, -0.1) is 0 Å². The van der Waals surface area contributed by atoms with Crippen molar-refractivity contribution in [1.29, 1.82) is 0 Å². The van der Waals surface area contributed by atoms with Crippen molar-refractivity contribution in [3.8, 4) is 5.88 Å². The fourth-order valence-electron chi connectivity index (χ4n) is 1.60. The Balaban J connectivity index is 2.10. The lowest BCUT2D eigenvalue weighted by atomic mass is 10.2. The van der Waals surface area contributed by atoms with Crippen LogP contribution in [0.4, 0.5) is 0 Å². The molecule has 16 heavy (non-hydrogen) atoms. The maximum Gasteiger partial charge on any atom is 0.341 e. The van der Waals surface area contributed by atoms with E-state index in [0.717, 1.165) is 24.3 Å². The van der Waals surface area contributed by atoms with Crippen LogP contribution < -0.4 is 4.74 Å². The Bertz CT molecular complexity index is 377. The number of thioether (sulfide) groups is 1. The Morgan fingerprint density at radius 3 is 2.94 bits per heavy atom. The molecule has 86 valence electrons. The van der Waals surface area contributed by atoms with E-state index in [2.05, 4.69) is 4.98 Å². The van der Waals surface area contributed by atoms with Crippen LogP contribution in [0.3, 0.4) is 0 Å². The molecule has 0 radical (unpaired) electrons. The highest BCUT2D eigenvalue weighted by Crippen LogP contribution is 2.23. The van der Waals surface area contributed by atoms with Crippen LogP contribution in [0.2, 0.25) is 0 Å². The molecule has 0 atom stereocenters.